The van der Waals surface area contributed by atoms with E-state index in [2.05, 4.69) is 13.2 Å². The Morgan fingerprint density at radius 1 is 1.11 bits per heavy atom. The molecule has 0 heterocycles. The second kappa shape index (κ2) is 15.8. The topological polar surface area (TPSA) is 9.23 Å². The summed E-state index contributed by atoms with van der Waals surface area (Å²) >= 11 is 0. The Morgan fingerprint density at radius 2 is 1.44 bits per heavy atom. The van der Waals surface area contributed by atoms with Crippen molar-refractivity contribution in [2.24, 2.45) is 0 Å². The first-order valence-corrected chi connectivity index (χ1v) is 2.21. The molecule has 0 saturated heterocycles. The molecule has 0 saturated carbocycles. The molecule has 1 nitrogen and oxygen atoms in total. The molecular weight excluding hydrogens is 225 g/mol. The minimum absolute atomic E-state index is 0. The van der Waals surface area contributed by atoms with E-state index < -0.39 is 0 Å². The first kappa shape index (κ1) is 16.3. The summed E-state index contributed by atoms with van der Waals surface area (Å²) in [5, 5.41) is 0. The summed E-state index contributed by atoms with van der Waals surface area (Å²) in [5.74, 6) is 0. The van der Waals surface area contributed by atoms with E-state index in [0.717, 1.165) is 0 Å². The van der Waals surface area contributed by atoms with Gasteiger partial charge in [0.15, 0.2) is 0 Å². The molecule has 0 rings (SSSR count). The van der Waals surface area contributed by atoms with E-state index in [1.54, 1.807) is 12.2 Å². The fraction of sp³-hybridized carbons (Fsp3) is 0.333. The van der Waals surface area contributed by atoms with Gasteiger partial charge in [-0.25, -0.2) is 0 Å². The monoisotopic (exact) mass is 238 g/mol. The van der Waals surface area contributed by atoms with Crippen molar-refractivity contribution in [3.63, 3.8) is 0 Å². The minimum atomic E-state index is 0. The minimum Gasteiger partial charge on any atom is -0.373 e. The first-order valence-electron chi connectivity index (χ1n) is 2.21. The van der Waals surface area contributed by atoms with E-state index in [1.165, 1.54) is 0 Å². The van der Waals surface area contributed by atoms with Crippen molar-refractivity contribution >= 4 is 9.90 Å². The van der Waals surface area contributed by atoms with Crippen molar-refractivity contribution in [3.05, 3.63) is 25.3 Å². The maximum atomic E-state index is 4.90. The fourth-order valence-corrected chi connectivity index (χ4v) is 0.235. The molecule has 0 spiro atoms. The van der Waals surface area contributed by atoms with Crippen LogP contribution in [-0.2, 0) is 25.2 Å². The van der Waals surface area contributed by atoms with Crippen LogP contribution < -0.4 is 0 Å². The van der Waals surface area contributed by atoms with E-state index >= 15 is 0 Å². The molecule has 0 aromatic rings. The van der Waals surface area contributed by atoms with Crippen LogP contribution in [0.15, 0.2) is 25.3 Å². The van der Waals surface area contributed by atoms with Gasteiger partial charge < -0.3 is 4.74 Å². The number of hydrogen-bond donors (Lipinski definition) is 0. The van der Waals surface area contributed by atoms with E-state index in [4.69, 9.17) is 4.74 Å². The molecule has 0 radical (unpaired) electrons. The van der Waals surface area contributed by atoms with Crippen LogP contribution in [0.3, 0.4) is 0 Å². The van der Waals surface area contributed by atoms with Crippen LogP contribution in [0.5, 0.6) is 0 Å². The summed E-state index contributed by atoms with van der Waals surface area (Å²) in [4.78, 5) is 0. The number of rotatable bonds is 4. The van der Waals surface area contributed by atoms with Gasteiger partial charge in [-0.15, -0.1) is 13.2 Å². The Morgan fingerprint density at radius 3 is 1.67 bits per heavy atom. The van der Waals surface area contributed by atoms with Crippen molar-refractivity contribution in [3.8, 4) is 0 Å². The van der Waals surface area contributed by atoms with Crippen LogP contribution in [0.25, 0.3) is 0 Å². The summed E-state index contributed by atoms with van der Waals surface area (Å²) in [7, 11) is 0. The van der Waals surface area contributed by atoms with E-state index in [9.17, 15) is 0 Å². The molecule has 0 aromatic heterocycles. The Kier molecular flexibility index (Phi) is 28.6. The van der Waals surface area contributed by atoms with Crippen LogP contribution in [0.2, 0.25) is 0 Å². The average Bonchev–Trinajstić information content (AvgIpc) is 1.69. The number of hydrogen-bond acceptors (Lipinski definition) is 1. The van der Waals surface area contributed by atoms with Crippen LogP contribution in [0.4, 0.5) is 0 Å². The summed E-state index contributed by atoms with van der Waals surface area (Å²) in [6, 6.07) is 0. The van der Waals surface area contributed by atoms with Crippen LogP contribution in [0, 0.1) is 0 Å². The van der Waals surface area contributed by atoms with Gasteiger partial charge in [0.2, 0.25) is 0 Å². The van der Waals surface area contributed by atoms with Gasteiger partial charge >= 0.3 is 0 Å². The first-order chi connectivity index (χ1) is 3.41. The molecule has 9 heavy (non-hydrogen) atoms. The van der Waals surface area contributed by atoms with Gasteiger partial charge in [0.05, 0.1) is 13.2 Å². The predicted octanol–water partition coefficient (Wildman–Crippen LogP) is 1.43. The normalized spacial score (nSPS) is 6.22. The maximum absolute atomic E-state index is 4.90. The van der Waals surface area contributed by atoms with Gasteiger partial charge in [-0.1, -0.05) is 12.2 Å². The molecule has 0 bridgehead atoms. The van der Waals surface area contributed by atoms with Gasteiger partial charge in [0.1, 0.15) is 0 Å². The maximum Gasteiger partial charge on any atom is 0.0649 e. The van der Waals surface area contributed by atoms with Crippen LogP contribution in [-0.4, -0.2) is 13.2 Å². The third-order valence-electron chi connectivity index (χ3n) is 0.471. The molecule has 1 atom stereocenters. The SMILES string of the molecule is C=CCOCC=C.P.[Pd]. The smallest absolute Gasteiger partial charge is 0.0649 e. The van der Waals surface area contributed by atoms with Gasteiger partial charge in [0.25, 0.3) is 0 Å². The largest absolute Gasteiger partial charge is 0.373 e. The van der Waals surface area contributed by atoms with Gasteiger partial charge in [-0.3, -0.25) is 0 Å². The van der Waals surface area contributed by atoms with Crippen LogP contribution >= 0.6 is 9.90 Å². The van der Waals surface area contributed by atoms with E-state index in [1.807, 2.05) is 0 Å². The second-order valence-electron chi connectivity index (χ2n) is 1.11. The average molecular weight is 239 g/mol. The second-order valence-corrected chi connectivity index (χ2v) is 1.11. The number of ether oxygens (including phenoxy) is 1. The molecule has 0 N–H and O–H groups in total. The summed E-state index contributed by atoms with van der Waals surface area (Å²) in [6.07, 6.45) is 3.42. The zero-order chi connectivity index (χ0) is 5.54. The van der Waals surface area contributed by atoms with Gasteiger partial charge in [-0.2, -0.15) is 9.90 Å². The zero-order valence-corrected chi connectivity index (χ0v) is 8.38. The van der Waals surface area contributed by atoms with Gasteiger partial charge in [0, 0.05) is 20.4 Å². The Labute approximate surface area is 73.8 Å². The van der Waals surface area contributed by atoms with Crippen molar-refractivity contribution in [2.75, 3.05) is 13.2 Å². The Hall–Kier alpha value is 0.532. The Bertz CT molecular complexity index is 58.1. The zero-order valence-electron chi connectivity index (χ0n) is 5.41. The quantitative estimate of drug-likeness (QED) is 0.312. The van der Waals surface area contributed by atoms with E-state index in [-0.39, 0.29) is 30.3 Å². The molecule has 1 unspecified atom stereocenters. The molecule has 0 aliphatic carbocycles. The third kappa shape index (κ3) is 17.7. The predicted molar refractivity (Wildman–Crippen MR) is 42.3 cm³/mol. The van der Waals surface area contributed by atoms with E-state index in [0.29, 0.717) is 13.2 Å². The van der Waals surface area contributed by atoms with Crippen molar-refractivity contribution in [1.29, 1.82) is 0 Å². The molecule has 0 aromatic carbocycles. The molecular formula is C6H13OPPd. The van der Waals surface area contributed by atoms with Crippen molar-refractivity contribution in [2.45, 2.75) is 0 Å². The van der Waals surface area contributed by atoms with Crippen molar-refractivity contribution in [1.82, 2.24) is 0 Å². The third-order valence-corrected chi connectivity index (χ3v) is 0.471. The molecule has 0 aliphatic heterocycles. The summed E-state index contributed by atoms with van der Waals surface area (Å²) < 4.78 is 4.90. The molecule has 3 heteroatoms. The Balaban J connectivity index is -0.000000180. The molecule has 58 valence electrons. The standard InChI is InChI=1S/C6H10O.H3P.Pd/c1-3-5-7-6-4-2;;/h3-4H,1-2,5-6H2;1H3;. The summed E-state index contributed by atoms with van der Waals surface area (Å²) in [6.45, 7) is 8.18. The molecule has 0 fully saturated rings. The fourth-order valence-electron chi connectivity index (χ4n) is 0.235. The van der Waals surface area contributed by atoms with Gasteiger partial charge in [-0.05, 0) is 0 Å². The van der Waals surface area contributed by atoms with Crippen molar-refractivity contribution < 1.29 is 25.2 Å². The summed E-state index contributed by atoms with van der Waals surface area (Å²) in [5.41, 5.74) is 0. The van der Waals surface area contributed by atoms with Crippen LogP contribution in [0.1, 0.15) is 0 Å². The molecule has 0 aliphatic rings. The molecule has 0 amide bonds.